The second-order valence-electron chi connectivity index (χ2n) is 7.38. The molecule has 1 heterocycles. The van der Waals surface area contributed by atoms with E-state index in [-0.39, 0.29) is 10.6 Å². The van der Waals surface area contributed by atoms with E-state index in [4.69, 9.17) is 9.47 Å². The van der Waals surface area contributed by atoms with Gasteiger partial charge >= 0.3 is 0 Å². The zero-order valence-corrected chi connectivity index (χ0v) is 20.1. The Balaban J connectivity index is 1.64. The van der Waals surface area contributed by atoms with E-state index >= 15 is 0 Å². The van der Waals surface area contributed by atoms with Gasteiger partial charge in [-0.3, -0.25) is 9.78 Å². The van der Waals surface area contributed by atoms with Crippen molar-refractivity contribution >= 4 is 27.7 Å². The van der Waals surface area contributed by atoms with Crippen molar-refractivity contribution in [3.63, 3.8) is 0 Å². The Labute approximate surface area is 199 Å². The number of amides is 1. The van der Waals surface area contributed by atoms with Gasteiger partial charge in [0, 0.05) is 32.1 Å². The number of rotatable bonds is 10. The van der Waals surface area contributed by atoms with Crippen LogP contribution in [0, 0.1) is 0 Å². The summed E-state index contributed by atoms with van der Waals surface area (Å²) in [6, 6.07) is 17.4. The number of sulfonamides is 1. The summed E-state index contributed by atoms with van der Waals surface area (Å²) in [4.78, 5) is 16.6. The number of ether oxygens (including phenoxy) is 2. The van der Waals surface area contributed by atoms with Gasteiger partial charge in [-0.15, -0.1) is 0 Å². The Morgan fingerprint density at radius 1 is 1.06 bits per heavy atom. The third kappa shape index (κ3) is 6.66. The molecule has 1 N–H and O–H groups in total. The summed E-state index contributed by atoms with van der Waals surface area (Å²) in [5, 5.41) is 2.69. The van der Waals surface area contributed by atoms with Crippen LogP contribution in [0.4, 0.5) is 5.69 Å². The fourth-order valence-electron chi connectivity index (χ4n) is 2.93. The molecule has 0 aliphatic rings. The second kappa shape index (κ2) is 11.4. The topological polar surface area (TPSA) is 97.8 Å². The molecule has 178 valence electrons. The Morgan fingerprint density at radius 3 is 2.47 bits per heavy atom. The molecule has 0 aliphatic heterocycles. The van der Waals surface area contributed by atoms with E-state index < -0.39 is 15.9 Å². The van der Waals surface area contributed by atoms with Crippen molar-refractivity contribution < 1.29 is 22.7 Å². The molecular formula is C25H27N3O5S. The van der Waals surface area contributed by atoms with Gasteiger partial charge in [-0.2, -0.15) is 0 Å². The van der Waals surface area contributed by atoms with Gasteiger partial charge in [-0.1, -0.05) is 18.2 Å². The highest BCUT2D eigenvalue weighted by Gasteiger charge is 2.23. The predicted octanol–water partition coefficient (Wildman–Crippen LogP) is 3.96. The van der Waals surface area contributed by atoms with E-state index in [1.165, 1.54) is 32.3 Å². The third-order valence-corrected chi connectivity index (χ3v) is 6.53. The van der Waals surface area contributed by atoms with Crippen LogP contribution >= 0.6 is 0 Å². The maximum atomic E-state index is 12.6. The first kappa shape index (κ1) is 24.9. The summed E-state index contributed by atoms with van der Waals surface area (Å²) in [6.45, 7) is 2.45. The molecule has 3 rings (SSSR count). The summed E-state index contributed by atoms with van der Waals surface area (Å²) in [7, 11) is -0.870. The summed E-state index contributed by atoms with van der Waals surface area (Å²) in [5.41, 5.74) is 1.98. The molecule has 2 aromatic carbocycles. The third-order valence-electron chi connectivity index (χ3n) is 4.69. The summed E-state index contributed by atoms with van der Waals surface area (Å²) >= 11 is 0. The van der Waals surface area contributed by atoms with Crippen LogP contribution in [0.5, 0.6) is 11.5 Å². The van der Waals surface area contributed by atoms with Crippen LogP contribution in [0.2, 0.25) is 0 Å². The highest BCUT2D eigenvalue weighted by atomic mass is 32.2. The first-order valence-corrected chi connectivity index (χ1v) is 12.0. The van der Waals surface area contributed by atoms with Crippen molar-refractivity contribution in [2.75, 3.05) is 26.0 Å². The zero-order valence-electron chi connectivity index (χ0n) is 19.3. The number of carbonyl (C=O) groups excluding carboxylic acids is 1. The molecule has 34 heavy (non-hydrogen) atoms. The van der Waals surface area contributed by atoms with Crippen molar-refractivity contribution in [3.05, 3.63) is 84.2 Å². The molecule has 0 spiro atoms. The van der Waals surface area contributed by atoms with Crippen molar-refractivity contribution in [2.24, 2.45) is 0 Å². The Bertz CT molecular complexity index is 1240. The average molecular weight is 482 g/mol. The molecule has 0 saturated heterocycles. The largest absolute Gasteiger partial charge is 0.492 e. The minimum atomic E-state index is -3.75. The quantitative estimate of drug-likeness (QED) is 0.440. The number of hydrogen-bond donors (Lipinski definition) is 1. The Kier molecular flexibility index (Phi) is 8.39. The number of carbonyl (C=O) groups is 1. The van der Waals surface area contributed by atoms with Gasteiger partial charge < -0.3 is 14.8 Å². The zero-order chi connectivity index (χ0) is 24.6. The van der Waals surface area contributed by atoms with Gasteiger partial charge in [0.05, 0.1) is 12.3 Å². The number of anilines is 1. The van der Waals surface area contributed by atoms with Gasteiger partial charge in [-0.05, 0) is 61.0 Å². The lowest BCUT2D eigenvalue weighted by Crippen LogP contribution is -2.23. The number of hydrogen-bond acceptors (Lipinski definition) is 6. The van der Waals surface area contributed by atoms with Crippen molar-refractivity contribution in [2.45, 2.75) is 18.4 Å². The molecule has 3 aromatic rings. The number of benzene rings is 2. The van der Waals surface area contributed by atoms with E-state index in [0.29, 0.717) is 24.7 Å². The minimum Gasteiger partial charge on any atom is -0.492 e. The lowest BCUT2D eigenvalue weighted by molar-refractivity contribution is -0.111. The van der Waals surface area contributed by atoms with Crippen LogP contribution in [0.3, 0.4) is 0 Å². The Hall–Kier alpha value is -3.69. The molecule has 1 amide bonds. The van der Waals surface area contributed by atoms with E-state index in [1.807, 2.05) is 42.5 Å². The van der Waals surface area contributed by atoms with E-state index in [0.717, 1.165) is 15.6 Å². The van der Waals surface area contributed by atoms with Gasteiger partial charge in [0.15, 0.2) is 0 Å². The van der Waals surface area contributed by atoms with E-state index in [1.54, 1.807) is 25.3 Å². The standard InChI is InChI=1S/C25H27N3O5S/c1-4-32-23-14-11-20(17-24(23)34(30,31)28(2)3)27-25(29)15-10-19-8-12-22(13-9-19)33-18-21-7-5-6-16-26-21/h5-17H,4,18H2,1-3H3,(H,27,29)/b15-10+. The van der Waals surface area contributed by atoms with Gasteiger partial charge in [-0.25, -0.2) is 12.7 Å². The van der Waals surface area contributed by atoms with E-state index in [2.05, 4.69) is 10.3 Å². The van der Waals surface area contributed by atoms with Gasteiger partial charge in [0.1, 0.15) is 23.0 Å². The fourth-order valence-corrected chi connectivity index (χ4v) is 3.98. The summed E-state index contributed by atoms with van der Waals surface area (Å²) in [5.74, 6) is 0.527. The molecule has 8 nitrogen and oxygen atoms in total. The molecular weight excluding hydrogens is 454 g/mol. The molecule has 0 radical (unpaired) electrons. The highest BCUT2D eigenvalue weighted by molar-refractivity contribution is 7.89. The molecule has 1 aromatic heterocycles. The lowest BCUT2D eigenvalue weighted by Gasteiger charge is -2.16. The minimum absolute atomic E-state index is 0.0116. The van der Waals surface area contributed by atoms with Crippen LogP contribution in [-0.2, 0) is 21.4 Å². The van der Waals surface area contributed by atoms with E-state index in [9.17, 15) is 13.2 Å². The fraction of sp³-hybridized carbons (Fsp3) is 0.200. The normalized spacial score (nSPS) is 11.5. The van der Waals surface area contributed by atoms with Crippen molar-refractivity contribution in [3.8, 4) is 11.5 Å². The van der Waals surface area contributed by atoms with Crippen LogP contribution in [0.25, 0.3) is 6.08 Å². The molecule has 9 heteroatoms. The molecule has 0 aliphatic carbocycles. The van der Waals surface area contributed by atoms with Crippen LogP contribution in [-0.4, -0.2) is 44.3 Å². The Morgan fingerprint density at radius 2 is 1.82 bits per heavy atom. The van der Waals surface area contributed by atoms with Crippen LogP contribution in [0.1, 0.15) is 18.2 Å². The summed E-state index contributed by atoms with van der Waals surface area (Å²) < 4.78 is 37.5. The number of nitrogens with one attached hydrogen (secondary N) is 1. The molecule has 0 atom stereocenters. The van der Waals surface area contributed by atoms with Crippen molar-refractivity contribution in [1.82, 2.24) is 9.29 Å². The first-order chi connectivity index (χ1) is 16.3. The first-order valence-electron chi connectivity index (χ1n) is 10.6. The SMILES string of the molecule is CCOc1ccc(NC(=O)/C=C/c2ccc(OCc3ccccn3)cc2)cc1S(=O)(=O)N(C)C. The smallest absolute Gasteiger partial charge is 0.248 e. The van der Waals surface area contributed by atoms with Crippen molar-refractivity contribution in [1.29, 1.82) is 0 Å². The second-order valence-corrected chi connectivity index (χ2v) is 9.50. The average Bonchev–Trinajstić information content (AvgIpc) is 2.83. The predicted molar refractivity (Wildman–Crippen MR) is 131 cm³/mol. The molecule has 0 bridgehead atoms. The maximum absolute atomic E-state index is 12.6. The molecule has 0 fully saturated rings. The maximum Gasteiger partial charge on any atom is 0.248 e. The monoisotopic (exact) mass is 481 g/mol. The number of aromatic nitrogens is 1. The number of nitrogens with zero attached hydrogens (tertiary/aromatic N) is 2. The highest BCUT2D eigenvalue weighted by Crippen LogP contribution is 2.29. The lowest BCUT2D eigenvalue weighted by atomic mass is 10.2. The van der Waals surface area contributed by atoms with Crippen LogP contribution < -0.4 is 14.8 Å². The van der Waals surface area contributed by atoms with Gasteiger partial charge in [0.2, 0.25) is 15.9 Å². The summed E-state index contributed by atoms with van der Waals surface area (Å²) in [6.07, 6.45) is 4.75. The number of pyridine rings is 1. The van der Waals surface area contributed by atoms with Gasteiger partial charge in [0.25, 0.3) is 0 Å². The molecule has 0 unspecified atom stereocenters. The molecule has 0 saturated carbocycles. The van der Waals surface area contributed by atoms with Crippen LogP contribution in [0.15, 0.2) is 77.8 Å².